The minimum absolute atomic E-state index is 0.945. The van der Waals surface area contributed by atoms with Gasteiger partial charge in [-0.15, -0.1) is 11.3 Å². The molecule has 0 aliphatic carbocycles. The lowest BCUT2D eigenvalue weighted by Gasteiger charge is -1.98. The number of rotatable bonds is 4. The van der Waals surface area contributed by atoms with E-state index in [4.69, 9.17) is 0 Å². The van der Waals surface area contributed by atoms with Crippen LogP contribution in [0.5, 0.6) is 0 Å². The molecule has 0 fully saturated rings. The van der Waals surface area contributed by atoms with Crippen molar-refractivity contribution in [3.8, 4) is 0 Å². The molecule has 66 valence electrons. The van der Waals surface area contributed by atoms with Crippen molar-refractivity contribution in [2.24, 2.45) is 0 Å². The van der Waals surface area contributed by atoms with E-state index in [-0.39, 0.29) is 0 Å². The van der Waals surface area contributed by atoms with Crippen LogP contribution in [0.3, 0.4) is 0 Å². The van der Waals surface area contributed by atoms with Gasteiger partial charge in [0.1, 0.15) is 0 Å². The van der Waals surface area contributed by atoms with Crippen molar-refractivity contribution in [3.63, 3.8) is 0 Å². The Kier molecular flexibility index (Phi) is 4.58. The van der Waals surface area contributed by atoms with Gasteiger partial charge in [-0.3, -0.25) is 0 Å². The summed E-state index contributed by atoms with van der Waals surface area (Å²) in [5, 5.41) is 5.42. The van der Waals surface area contributed by atoms with Gasteiger partial charge in [-0.2, -0.15) is 0 Å². The molecule has 0 aromatic carbocycles. The second kappa shape index (κ2) is 5.51. The first kappa shape index (κ1) is 9.96. The fourth-order valence-electron chi connectivity index (χ4n) is 0.838. The molecule has 1 nitrogen and oxygen atoms in total. The van der Waals surface area contributed by atoms with Crippen molar-refractivity contribution in [2.45, 2.75) is 13.5 Å². The normalized spacial score (nSPS) is 11.2. The molecule has 0 spiro atoms. The zero-order valence-electron chi connectivity index (χ0n) is 7.01. The summed E-state index contributed by atoms with van der Waals surface area (Å²) < 4.78 is 1.21. The smallest absolute Gasteiger partial charge is 0.0327 e. The van der Waals surface area contributed by atoms with Gasteiger partial charge in [0.2, 0.25) is 0 Å². The van der Waals surface area contributed by atoms with Crippen molar-refractivity contribution < 1.29 is 0 Å². The summed E-state index contributed by atoms with van der Waals surface area (Å²) in [6, 6.07) is 2.08. The van der Waals surface area contributed by atoms with E-state index in [1.807, 2.05) is 6.92 Å². The highest BCUT2D eigenvalue weighted by molar-refractivity contribution is 9.10. The van der Waals surface area contributed by atoms with Gasteiger partial charge in [0.15, 0.2) is 0 Å². The Morgan fingerprint density at radius 2 is 2.50 bits per heavy atom. The Bertz CT molecular complexity index is 255. The Morgan fingerprint density at radius 1 is 1.67 bits per heavy atom. The minimum atomic E-state index is 0.945. The maximum atomic E-state index is 3.49. The summed E-state index contributed by atoms with van der Waals surface area (Å²) in [7, 11) is 0. The molecular weight excluding hydrogens is 234 g/mol. The first-order valence-electron chi connectivity index (χ1n) is 3.88. The SMILES string of the molecule is C/C=C/CNCc1sccc1Br. The first-order valence-corrected chi connectivity index (χ1v) is 5.55. The van der Waals surface area contributed by atoms with Crippen LogP contribution in [0, 0.1) is 0 Å². The average Bonchev–Trinajstić information content (AvgIpc) is 2.46. The highest BCUT2D eigenvalue weighted by Gasteiger charge is 1.98. The predicted octanol–water partition coefficient (Wildman–Crippen LogP) is 3.18. The molecule has 3 heteroatoms. The molecule has 1 rings (SSSR count). The number of hydrogen-bond donors (Lipinski definition) is 1. The van der Waals surface area contributed by atoms with Crippen molar-refractivity contribution in [3.05, 3.63) is 32.9 Å². The van der Waals surface area contributed by atoms with E-state index in [0.29, 0.717) is 0 Å². The van der Waals surface area contributed by atoms with Crippen LogP contribution in [0.25, 0.3) is 0 Å². The van der Waals surface area contributed by atoms with Crippen LogP contribution in [-0.2, 0) is 6.54 Å². The first-order chi connectivity index (χ1) is 5.84. The summed E-state index contributed by atoms with van der Waals surface area (Å²) in [5.74, 6) is 0. The maximum Gasteiger partial charge on any atom is 0.0327 e. The summed E-state index contributed by atoms with van der Waals surface area (Å²) in [5.41, 5.74) is 0. The van der Waals surface area contributed by atoms with Crippen LogP contribution in [0.4, 0.5) is 0 Å². The lowest BCUT2D eigenvalue weighted by atomic mass is 10.4. The van der Waals surface area contributed by atoms with E-state index in [1.165, 1.54) is 9.35 Å². The van der Waals surface area contributed by atoms with Gasteiger partial charge in [0, 0.05) is 22.4 Å². The molecular formula is C9H12BrNS. The number of thiophene rings is 1. The van der Waals surface area contributed by atoms with E-state index in [9.17, 15) is 0 Å². The number of hydrogen-bond acceptors (Lipinski definition) is 2. The predicted molar refractivity (Wildman–Crippen MR) is 58.5 cm³/mol. The Balaban J connectivity index is 2.28. The summed E-state index contributed by atoms with van der Waals surface area (Å²) in [6.45, 7) is 3.92. The quantitative estimate of drug-likeness (QED) is 0.635. The van der Waals surface area contributed by atoms with Gasteiger partial charge in [0.05, 0.1) is 0 Å². The molecule has 0 aliphatic heterocycles. The largest absolute Gasteiger partial charge is 0.308 e. The standard InChI is InChI=1S/C9H12BrNS/c1-2-3-5-11-7-9-8(10)4-6-12-9/h2-4,6,11H,5,7H2,1H3/b3-2+. The lowest BCUT2D eigenvalue weighted by Crippen LogP contribution is -2.11. The van der Waals surface area contributed by atoms with E-state index in [1.54, 1.807) is 11.3 Å². The molecule has 12 heavy (non-hydrogen) atoms. The third kappa shape index (κ3) is 3.09. The second-order valence-corrected chi connectivity index (χ2v) is 4.25. The van der Waals surface area contributed by atoms with Gasteiger partial charge < -0.3 is 5.32 Å². The van der Waals surface area contributed by atoms with Crippen LogP contribution in [0.15, 0.2) is 28.1 Å². The third-order valence-corrected chi connectivity index (χ3v) is 3.40. The fraction of sp³-hybridized carbons (Fsp3) is 0.333. The summed E-state index contributed by atoms with van der Waals surface area (Å²) >= 11 is 5.26. The van der Waals surface area contributed by atoms with Crippen LogP contribution in [0.1, 0.15) is 11.8 Å². The van der Waals surface area contributed by atoms with Crippen molar-refractivity contribution in [2.75, 3.05) is 6.54 Å². The highest BCUT2D eigenvalue weighted by atomic mass is 79.9. The minimum Gasteiger partial charge on any atom is -0.308 e. The lowest BCUT2D eigenvalue weighted by molar-refractivity contribution is 0.767. The molecule has 0 bridgehead atoms. The van der Waals surface area contributed by atoms with E-state index in [2.05, 4.69) is 44.8 Å². The average molecular weight is 246 g/mol. The van der Waals surface area contributed by atoms with Crippen LogP contribution < -0.4 is 5.32 Å². The molecule has 1 aromatic heterocycles. The molecule has 0 saturated carbocycles. The Morgan fingerprint density at radius 3 is 3.08 bits per heavy atom. The molecule has 1 aromatic rings. The summed E-state index contributed by atoms with van der Waals surface area (Å²) in [6.07, 6.45) is 4.16. The van der Waals surface area contributed by atoms with Crippen LogP contribution in [-0.4, -0.2) is 6.54 Å². The molecule has 0 saturated heterocycles. The van der Waals surface area contributed by atoms with Crippen molar-refractivity contribution >= 4 is 27.3 Å². The van der Waals surface area contributed by atoms with Crippen LogP contribution in [0.2, 0.25) is 0 Å². The number of nitrogens with one attached hydrogen (secondary N) is 1. The third-order valence-electron chi connectivity index (χ3n) is 1.47. The van der Waals surface area contributed by atoms with Gasteiger partial charge in [0.25, 0.3) is 0 Å². The maximum absolute atomic E-state index is 3.49. The zero-order chi connectivity index (χ0) is 8.81. The zero-order valence-corrected chi connectivity index (χ0v) is 9.41. The fourth-order valence-corrected chi connectivity index (χ4v) is 2.30. The number of halogens is 1. The van der Waals surface area contributed by atoms with Crippen molar-refractivity contribution in [1.29, 1.82) is 0 Å². The number of allylic oxidation sites excluding steroid dienone is 1. The van der Waals surface area contributed by atoms with Crippen LogP contribution >= 0.6 is 27.3 Å². The second-order valence-electron chi connectivity index (χ2n) is 2.39. The monoisotopic (exact) mass is 245 g/mol. The van der Waals surface area contributed by atoms with Gasteiger partial charge in [-0.1, -0.05) is 12.2 Å². The van der Waals surface area contributed by atoms with Crippen molar-refractivity contribution in [1.82, 2.24) is 5.32 Å². The van der Waals surface area contributed by atoms with E-state index >= 15 is 0 Å². The topological polar surface area (TPSA) is 12.0 Å². The summed E-state index contributed by atoms with van der Waals surface area (Å²) in [4.78, 5) is 1.36. The molecule has 0 unspecified atom stereocenters. The highest BCUT2D eigenvalue weighted by Crippen LogP contribution is 2.21. The molecule has 1 N–H and O–H groups in total. The Hall–Kier alpha value is -0.120. The Labute approximate surface area is 85.6 Å². The molecule has 0 aliphatic rings. The van der Waals surface area contributed by atoms with Gasteiger partial charge in [-0.25, -0.2) is 0 Å². The molecule has 0 radical (unpaired) electrons. The molecule has 0 atom stereocenters. The van der Waals surface area contributed by atoms with E-state index in [0.717, 1.165) is 13.1 Å². The molecule has 0 amide bonds. The molecule has 1 heterocycles. The van der Waals surface area contributed by atoms with Gasteiger partial charge in [-0.05, 0) is 34.3 Å². The van der Waals surface area contributed by atoms with E-state index < -0.39 is 0 Å². The van der Waals surface area contributed by atoms with Gasteiger partial charge >= 0.3 is 0 Å².